The minimum Gasteiger partial charge on any atom is -0.489 e. The van der Waals surface area contributed by atoms with Gasteiger partial charge in [0.2, 0.25) is 11.8 Å². The fraction of sp³-hybridized carbons (Fsp3) is 0.489. The van der Waals surface area contributed by atoms with E-state index in [1.807, 2.05) is 24.3 Å². The smallest absolute Gasteiger partial charge is 0.255 e. The molecule has 0 radical (unpaired) electrons. The third-order valence-electron chi connectivity index (χ3n) is 13.3. The molecular weight excluding hydrogens is 754 g/mol. The molecule has 3 aromatic rings. The Morgan fingerprint density at radius 2 is 1.55 bits per heavy atom. The van der Waals surface area contributed by atoms with Crippen LogP contribution in [0.4, 0.5) is 11.4 Å². The van der Waals surface area contributed by atoms with Crippen molar-refractivity contribution in [3.8, 4) is 11.8 Å². The Balaban J connectivity index is 0.782. The van der Waals surface area contributed by atoms with E-state index in [4.69, 9.17) is 16.3 Å². The summed E-state index contributed by atoms with van der Waals surface area (Å²) >= 11 is 6.26. The van der Waals surface area contributed by atoms with E-state index in [9.17, 15) is 24.4 Å². The zero-order valence-electron chi connectivity index (χ0n) is 33.7. The number of piperidine rings is 2. The highest BCUT2D eigenvalue weighted by molar-refractivity contribution is 6.31. The first-order valence-corrected chi connectivity index (χ1v) is 20.9. The van der Waals surface area contributed by atoms with E-state index in [0.717, 1.165) is 75.6 Å². The summed E-state index contributed by atoms with van der Waals surface area (Å²) in [7, 11) is 0. The number of nitrogens with one attached hydrogen (secondary N) is 2. The topological polar surface area (TPSA) is 138 Å². The predicted molar refractivity (Wildman–Crippen MR) is 222 cm³/mol. The monoisotopic (exact) mass is 805 g/mol. The van der Waals surface area contributed by atoms with E-state index in [1.165, 1.54) is 0 Å². The molecule has 0 bridgehead atoms. The number of benzene rings is 3. The first-order chi connectivity index (χ1) is 27.7. The summed E-state index contributed by atoms with van der Waals surface area (Å²) in [5.74, 6) is 0.332. The lowest BCUT2D eigenvalue weighted by molar-refractivity contribution is -0.164. The summed E-state index contributed by atoms with van der Waals surface area (Å²) in [6.45, 7) is 15.5. The van der Waals surface area contributed by atoms with Crippen LogP contribution >= 0.6 is 11.6 Å². The summed E-state index contributed by atoms with van der Waals surface area (Å²) in [4.78, 5) is 59.9. The molecule has 4 heterocycles. The number of fused-ring (bicyclic) bond motifs is 1. The number of carbonyl (C=O) groups is 4. The van der Waals surface area contributed by atoms with Gasteiger partial charge in [-0.05, 0) is 79.3 Å². The van der Waals surface area contributed by atoms with Crippen molar-refractivity contribution in [2.75, 3.05) is 55.6 Å². The van der Waals surface area contributed by atoms with Gasteiger partial charge in [0, 0.05) is 104 Å². The standard InChI is InChI=1S/C45H52ClN7O5/c1-44(2)42(45(3,4)43(44)58-34-12-8-30(25-47)36(46)24-34)49-39(55)29-5-9-32(10-6-29)51-17-15-28(16-18-51)26-50-19-21-52(22-20-50)33-11-7-31-27-53(41(57)35(31)23-33)37-13-14-38(54)48-40(37)56/h5-12,23-24,28,37,42-43H,13-22,26-27H2,1-4H3,(H,49,55)(H,48,54,56). The molecule has 3 saturated heterocycles. The van der Waals surface area contributed by atoms with Gasteiger partial charge in [-0.1, -0.05) is 45.4 Å². The van der Waals surface area contributed by atoms with Gasteiger partial charge in [0.1, 0.15) is 24.0 Å². The molecule has 3 aromatic carbocycles. The van der Waals surface area contributed by atoms with E-state index in [-0.39, 0.29) is 53.0 Å². The van der Waals surface area contributed by atoms with Gasteiger partial charge in [-0.2, -0.15) is 5.26 Å². The van der Waals surface area contributed by atoms with Crippen molar-refractivity contribution in [1.82, 2.24) is 20.4 Å². The van der Waals surface area contributed by atoms with Crippen LogP contribution in [0.25, 0.3) is 0 Å². The first kappa shape index (κ1) is 39.7. The number of carbonyl (C=O) groups excluding carboxylic acids is 4. The minimum absolute atomic E-state index is 0.0996. The Hall–Kier alpha value is -5.12. The van der Waals surface area contributed by atoms with Crippen LogP contribution in [0.2, 0.25) is 5.02 Å². The lowest BCUT2D eigenvalue weighted by Gasteiger charge is -2.63. The second-order valence-electron chi connectivity index (χ2n) is 17.8. The number of hydrogen-bond donors (Lipinski definition) is 2. The number of imide groups is 1. The van der Waals surface area contributed by atoms with Crippen LogP contribution in [0, 0.1) is 28.1 Å². The van der Waals surface area contributed by atoms with Crippen LogP contribution in [-0.4, -0.2) is 97.4 Å². The van der Waals surface area contributed by atoms with Crippen LogP contribution in [0.1, 0.15) is 85.2 Å². The molecule has 58 heavy (non-hydrogen) atoms. The van der Waals surface area contributed by atoms with Crippen molar-refractivity contribution in [3.05, 3.63) is 87.9 Å². The Morgan fingerprint density at radius 1 is 0.879 bits per heavy atom. The number of piperazine rings is 1. The molecule has 4 aliphatic heterocycles. The second-order valence-corrected chi connectivity index (χ2v) is 18.2. The second kappa shape index (κ2) is 15.6. The van der Waals surface area contributed by atoms with Gasteiger partial charge >= 0.3 is 0 Å². The van der Waals surface area contributed by atoms with E-state index < -0.39 is 6.04 Å². The Bertz CT molecular complexity index is 2130. The highest BCUT2D eigenvalue weighted by Gasteiger charge is 2.64. The van der Waals surface area contributed by atoms with Gasteiger partial charge in [-0.15, -0.1) is 0 Å². The van der Waals surface area contributed by atoms with Gasteiger partial charge in [-0.25, -0.2) is 0 Å². The van der Waals surface area contributed by atoms with Crippen molar-refractivity contribution in [2.24, 2.45) is 16.7 Å². The maximum atomic E-state index is 13.5. The van der Waals surface area contributed by atoms with E-state index in [1.54, 1.807) is 23.1 Å². The van der Waals surface area contributed by atoms with Crippen LogP contribution < -0.4 is 25.2 Å². The van der Waals surface area contributed by atoms with E-state index in [2.05, 4.69) is 77.3 Å². The summed E-state index contributed by atoms with van der Waals surface area (Å²) < 4.78 is 6.39. The largest absolute Gasteiger partial charge is 0.489 e. The molecule has 1 unspecified atom stereocenters. The number of rotatable bonds is 9. The molecule has 13 heteroatoms. The third-order valence-corrected chi connectivity index (χ3v) is 13.6. The lowest BCUT2D eigenvalue weighted by atomic mass is 9.49. The van der Waals surface area contributed by atoms with Crippen LogP contribution in [0.15, 0.2) is 60.7 Å². The number of hydrogen-bond acceptors (Lipinski definition) is 9. The Labute approximate surface area is 345 Å². The number of anilines is 2. The molecule has 1 atom stereocenters. The number of halogens is 1. The van der Waals surface area contributed by atoms with Crippen molar-refractivity contribution in [2.45, 2.75) is 78.1 Å². The zero-order chi connectivity index (χ0) is 40.9. The van der Waals surface area contributed by atoms with Gasteiger partial charge in [0.25, 0.3) is 11.8 Å². The number of ether oxygens (including phenoxy) is 1. The molecule has 1 aliphatic carbocycles. The highest BCUT2D eigenvalue weighted by Crippen LogP contribution is 2.55. The Morgan fingerprint density at radius 3 is 2.21 bits per heavy atom. The van der Waals surface area contributed by atoms with Crippen molar-refractivity contribution >= 4 is 46.6 Å². The number of nitriles is 1. The average molecular weight is 806 g/mol. The number of nitrogens with zero attached hydrogens (tertiary/aromatic N) is 5. The average Bonchev–Trinajstić information content (AvgIpc) is 3.54. The molecule has 5 aliphatic rings. The quantitative estimate of drug-likeness (QED) is 0.264. The summed E-state index contributed by atoms with van der Waals surface area (Å²) in [5.41, 5.74) is 4.11. The Kier molecular flexibility index (Phi) is 10.7. The zero-order valence-corrected chi connectivity index (χ0v) is 34.5. The molecule has 304 valence electrons. The van der Waals surface area contributed by atoms with Crippen LogP contribution in [0.3, 0.4) is 0 Å². The van der Waals surface area contributed by atoms with Gasteiger partial charge < -0.3 is 24.8 Å². The third kappa shape index (κ3) is 7.50. The number of amides is 4. The molecule has 8 rings (SSSR count). The normalized spacial score (nSPS) is 24.4. The fourth-order valence-corrected chi connectivity index (χ4v) is 10.5. The molecule has 0 spiro atoms. The van der Waals surface area contributed by atoms with Crippen molar-refractivity contribution in [3.63, 3.8) is 0 Å². The molecule has 2 N–H and O–H groups in total. The molecule has 0 aromatic heterocycles. The molecule has 4 fully saturated rings. The fourth-order valence-electron chi connectivity index (χ4n) is 10.3. The van der Waals surface area contributed by atoms with Crippen LogP contribution in [0.5, 0.6) is 5.75 Å². The summed E-state index contributed by atoms with van der Waals surface area (Å²) in [6, 6.07) is 20.5. The van der Waals surface area contributed by atoms with E-state index in [0.29, 0.717) is 46.3 Å². The van der Waals surface area contributed by atoms with Gasteiger partial charge in [0.05, 0.1) is 10.6 Å². The lowest BCUT2D eigenvalue weighted by Crippen LogP contribution is -2.74. The van der Waals surface area contributed by atoms with Crippen LogP contribution in [-0.2, 0) is 16.1 Å². The summed E-state index contributed by atoms with van der Waals surface area (Å²) in [6.07, 6.45) is 2.67. The van der Waals surface area contributed by atoms with Crippen molar-refractivity contribution in [1.29, 1.82) is 5.26 Å². The SMILES string of the molecule is CC1(C)C(NC(=O)c2ccc(N3CCC(CN4CCN(c5ccc6c(c5)C(=O)N(C5CCC(=O)NC5=O)C6)CC4)CC3)cc2)C(C)(C)C1Oc1ccc(C#N)c(Cl)c1. The predicted octanol–water partition coefficient (Wildman–Crippen LogP) is 5.62. The van der Waals surface area contributed by atoms with Gasteiger partial charge in [0.15, 0.2) is 0 Å². The maximum Gasteiger partial charge on any atom is 0.255 e. The molecule has 12 nitrogen and oxygen atoms in total. The maximum absolute atomic E-state index is 13.5. The first-order valence-electron chi connectivity index (χ1n) is 20.5. The highest BCUT2D eigenvalue weighted by atomic mass is 35.5. The van der Waals surface area contributed by atoms with Crippen molar-refractivity contribution < 1.29 is 23.9 Å². The van der Waals surface area contributed by atoms with E-state index >= 15 is 0 Å². The molecular formula is C45H52ClN7O5. The molecule has 1 saturated carbocycles. The molecule has 4 amide bonds. The minimum atomic E-state index is -0.602. The summed E-state index contributed by atoms with van der Waals surface area (Å²) in [5, 5.41) is 15.2. The van der Waals surface area contributed by atoms with Gasteiger partial charge in [-0.3, -0.25) is 29.4 Å².